The number of para-hydroxylation sites is 2. The smallest absolute Gasteiger partial charge is 0.311 e. The topological polar surface area (TPSA) is 119 Å². The molecule has 6 atom stereocenters. The number of esters is 2. The van der Waals surface area contributed by atoms with Crippen molar-refractivity contribution in [1.29, 1.82) is 10.5 Å². The molecule has 0 saturated heterocycles. The molecular weight excluding hydrogens is 832 g/mol. The molecule has 2 aliphatic rings. The molecule has 0 amide bonds. The summed E-state index contributed by atoms with van der Waals surface area (Å²) in [7, 11) is 0. The van der Waals surface area contributed by atoms with Gasteiger partial charge in [0.05, 0.1) is 11.8 Å². The minimum atomic E-state index is -1.20. The van der Waals surface area contributed by atoms with Gasteiger partial charge in [-0.1, -0.05) is 123 Å². The number of hydrogen-bond acceptors (Lipinski definition) is 8. The number of nitriles is 2. The normalized spacial score (nSPS) is 20.1. The molecule has 300 valence electrons. The fourth-order valence-corrected chi connectivity index (χ4v) is 7.16. The molecule has 2 saturated carbocycles. The third-order valence-electron chi connectivity index (χ3n) is 10.1. The van der Waals surface area contributed by atoms with Crippen LogP contribution >= 0.6 is 46.4 Å². The predicted octanol–water partition coefficient (Wildman–Crippen LogP) is 12.6. The van der Waals surface area contributed by atoms with E-state index >= 15 is 0 Å². The van der Waals surface area contributed by atoms with Gasteiger partial charge in [0, 0.05) is 11.1 Å². The van der Waals surface area contributed by atoms with Gasteiger partial charge in [0.25, 0.3) is 0 Å². The summed E-state index contributed by atoms with van der Waals surface area (Å²) in [6.07, 6.45) is 0.794. The van der Waals surface area contributed by atoms with Crippen molar-refractivity contribution in [3.63, 3.8) is 0 Å². The Hall–Kier alpha value is -5.10. The van der Waals surface area contributed by atoms with E-state index in [1.807, 2.05) is 52.0 Å². The summed E-state index contributed by atoms with van der Waals surface area (Å²) in [5, 5.41) is 19.0. The lowest BCUT2D eigenvalue weighted by atomic mass is 10.1. The molecule has 2 aliphatic carbocycles. The van der Waals surface area contributed by atoms with E-state index in [2.05, 4.69) is 0 Å². The summed E-state index contributed by atoms with van der Waals surface area (Å²) in [5.41, 5.74) is -0.129. The van der Waals surface area contributed by atoms with E-state index in [4.69, 9.17) is 65.4 Å². The molecule has 0 bridgehead atoms. The fraction of sp³-hybridized carbons (Fsp3) is 0.273. The molecule has 8 nitrogen and oxygen atoms in total. The van der Waals surface area contributed by atoms with Gasteiger partial charge in [-0.05, 0) is 83.3 Å². The summed E-state index contributed by atoms with van der Waals surface area (Å²) in [6, 6.07) is 29.1. The Morgan fingerprint density at radius 3 is 1.28 bits per heavy atom. The average Bonchev–Trinajstić information content (AvgIpc) is 3.95. The van der Waals surface area contributed by atoms with Crippen LogP contribution in [0.5, 0.6) is 23.0 Å². The molecule has 0 radical (unpaired) electrons. The van der Waals surface area contributed by atoms with E-state index in [9.17, 15) is 28.9 Å². The van der Waals surface area contributed by atoms with Gasteiger partial charge in [0.2, 0.25) is 12.2 Å². The van der Waals surface area contributed by atoms with E-state index in [0.29, 0.717) is 22.6 Å². The number of carbonyl (C=O) groups excluding carboxylic acids is 2. The highest BCUT2D eigenvalue weighted by molar-refractivity contribution is 6.56. The lowest BCUT2D eigenvalue weighted by Gasteiger charge is -2.14. The zero-order valence-electron chi connectivity index (χ0n) is 31.5. The highest BCUT2D eigenvalue weighted by Gasteiger charge is 2.62. The lowest BCUT2D eigenvalue weighted by molar-refractivity contribution is -0.150. The van der Waals surface area contributed by atoms with E-state index < -0.39 is 47.6 Å². The van der Waals surface area contributed by atoms with Crippen LogP contribution < -0.4 is 9.47 Å². The summed E-state index contributed by atoms with van der Waals surface area (Å²) >= 11 is 22.8. The van der Waals surface area contributed by atoms with Crippen LogP contribution in [-0.2, 0) is 19.1 Å². The van der Waals surface area contributed by atoms with Crippen molar-refractivity contribution >= 4 is 58.3 Å². The van der Waals surface area contributed by atoms with Crippen molar-refractivity contribution in [1.82, 2.24) is 0 Å². The maximum absolute atomic E-state index is 14.2. The van der Waals surface area contributed by atoms with E-state index in [1.54, 1.807) is 60.7 Å². The molecule has 0 spiro atoms. The van der Waals surface area contributed by atoms with Crippen LogP contribution in [0.15, 0.2) is 118 Å². The van der Waals surface area contributed by atoms with Crippen LogP contribution in [0.3, 0.4) is 0 Å². The second-order valence-electron chi connectivity index (χ2n) is 14.7. The number of halogens is 6. The molecule has 4 aromatic rings. The number of nitrogens with zero attached hydrogens (tertiary/aromatic N) is 2. The number of benzene rings is 4. The van der Waals surface area contributed by atoms with E-state index in [1.165, 1.54) is 36.4 Å². The van der Waals surface area contributed by atoms with Crippen LogP contribution in [-0.4, -0.2) is 11.9 Å². The van der Waals surface area contributed by atoms with Crippen molar-refractivity contribution in [3.05, 3.63) is 141 Å². The second kappa shape index (κ2) is 18.7. The molecule has 0 aliphatic heterocycles. The number of allylic oxidation sites excluding steroid dienone is 2. The average molecular weight is 869 g/mol. The van der Waals surface area contributed by atoms with Gasteiger partial charge < -0.3 is 18.9 Å². The van der Waals surface area contributed by atoms with Gasteiger partial charge in [-0.15, -0.1) is 0 Å². The predicted molar refractivity (Wildman–Crippen MR) is 216 cm³/mol. The molecule has 14 heteroatoms. The van der Waals surface area contributed by atoms with Crippen molar-refractivity contribution in [2.75, 3.05) is 0 Å². The largest absolute Gasteiger partial charge is 0.454 e. The Balaban J connectivity index is 0.000000221. The highest BCUT2D eigenvalue weighted by Crippen LogP contribution is 2.61. The summed E-state index contributed by atoms with van der Waals surface area (Å²) in [6.45, 7) is 7.56. The van der Waals surface area contributed by atoms with Gasteiger partial charge in [-0.3, -0.25) is 9.59 Å². The first-order valence-electron chi connectivity index (χ1n) is 17.8. The summed E-state index contributed by atoms with van der Waals surface area (Å²) < 4.78 is 50.4. The first-order chi connectivity index (χ1) is 27.5. The Bertz CT molecular complexity index is 2120. The van der Waals surface area contributed by atoms with Crippen molar-refractivity contribution < 1.29 is 37.3 Å². The maximum atomic E-state index is 14.2. The first kappa shape index (κ1) is 44.0. The highest BCUT2D eigenvalue weighted by atomic mass is 35.5. The minimum Gasteiger partial charge on any atom is -0.454 e. The van der Waals surface area contributed by atoms with Crippen molar-refractivity contribution in [2.45, 2.75) is 39.9 Å². The van der Waals surface area contributed by atoms with Gasteiger partial charge in [-0.2, -0.15) is 10.5 Å². The Kier molecular flexibility index (Phi) is 14.2. The Morgan fingerprint density at radius 1 is 0.621 bits per heavy atom. The molecule has 0 N–H and O–H groups in total. The summed E-state index contributed by atoms with van der Waals surface area (Å²) in [4.78, 5) is 25.2. The maximum Gasteiger partial charge on any atom is 0.311 e. The third kappa shape index (κ3) is 10.7. The molecule has 2 fully saturated rings. The standard InChI is InChI=1S/2C22H18Cl2FNO3/c2*1-22(2)15(11-19(23)24)20(22)21(27)29-18(12-26)13-8-9-16(25)17(10-13)28-14-6-4-3-5-7-14/h2*3-11,15,18,20H,1-2H3/t15-,18+,20+;15-,18+,20-/m11/s1. The van der Waals surface area contributed by atoms with E-state index in [-0.39, 0.29) is 43.1 Å². The molecule has 6 rings (SSSR count). The fourth-order valence-electron chi connectivity index (χ4n) is 6.62. The van der Waals surface area contributed by atoms with E-state index in [0.717, 1.165) is 0 Å². The van der Waals surface area contributed by atoms with Gasteiger partial charge in [0.15, 0.2) is 23.1 Å². The zero-order chi connectivity index (χ0) is 42.4. The minimum absolute atomic E-state index is 0.0634. The van der Waals surface area contributed by atoms with Crippen LogP contribution in [0.4, 0.5) is 8.78 Å². The van der Waals surface area contributed by atoms with Gasteiger partial charge in [-0.25, -0.2) is 8.78 Å². The van der Waals surface area contributed by atoms with Gasteiger partial charge >= 0.3 is 11.9 Å². The number of carbonyl (C=O) groups is 2. The first-order valence-corrected chi connectivity index (χ1v) is 19.3. The molecule has 4 aromatic carbocycles. The number of hydrogen-bond donors (Lipinski definition) is 0. The monoisotopic (exact) mass is 866 g/mol. The number of ether oxygens (including phenoxy) is 4. The summed E-state index contributed by atoms with van der Waals surface area (Å²) in [5.74, 6) is -2.77. The van der Waals surface area contributed by atoms with Crippen LogP contribution in [0, 0.1) is 68.8 Å². The molecule has 0 heterocycles. The quantitative estimate of drug-likeness (QED) is 0.129. The second-order valence-corrected chi connectivity index (χ2v) is 16.7. The Morgan fingerprint density at radius 2 is 0.966 bits per heavy atom. The molecular formula is C44H36Cl4F2N2O6. The molecule has 0 aromatic heterocycles. The Labute approximate surface area is 355 Å². The van der Waals surface area contributed by atoms with Crippen LogP contribution in [0.2, 0.25) is 0 Å². The lowest BCUT2D eigenvalue weighted by Crippen LogP contribution is -2.14. The SMILES string of the molecule is CC1(C)[C@H](C=C(Cl)Cl)[C@@H]1C(=O)O[C@@H](C#N)c1ccc(F)c(Oc2ccccc2)c1.CC1(C)[C@H](C=C(Cl)Cl)[C@H]1C(=O)O[C@@H](C#N)c1ccc(F)c(Oc2ccccc2)c1. The third-order valence-corrected chi connectivity index (χ3v) is 10.6. The van der Waals surface area contributed by atoms with Crippen LogP contribution in [0.1, 0.15) is 51.0 Å². The van der Waals surface area contributed by atoms with Crippen molar-refractivity contribution in [2.24, 2.45) is 34.5 Å². The molecule has 0 unspecified atom stereocenters. The molecule has 58 heavy (non-hydrogen) atoms. The van der Waals surface area contributed by atoms with Gasteiger partial charge in [0.1, 0.15) is 32.6 Å². The van der Waals surface area contributed by atoms with Crippen LogP contribution in [0.25, 0.3) is 0 Å². The van der Waals surface area contributed by atoms with Crippen molar-refractivity contribution in [3.8, 4) is 35.1 Å². The zero-order valence-corrected chi connectivity index (χ0v) is 34.5. The number of rotatable bonds is 12.